The van der Waals surface area contributed by atoms with Crippen molar-refractivity contribution in [3.05, 3.63) is 40.9 Å². The number of amides is 1. The second-order valence-corrected chi connectivity index (χ2v) is 5.17. The van der Waals surface area contributed by atoms with Crippen molar-refractivity contribution in [3.8, 4) is 6.07 Å². The number of para-hydroxylation sites is 1. The summed E-state index contributed by atoms with van der Waals surface area (Å²) in [4.78, 5) is 25.7. The highest BCUT2D eigenvalue weighted by Gasteiger charge is 2.16. The van der Waals surface area contributed by atoms with Crippen LogP contribution in [0.15, 0.2) is 39.7 Å². The zero-order valence-electron chi connectivity index (χ0n) is 12.5. The topological polar surface area (TPSA) is 92.1 Å². The van der Waals surface area contributed by atoms with Crippen LogP contribution in [0.2, 0.25) is 0 Å². The maximum absolute atomic E-state index is 12.2. The number of nitrogens with zero attached hydrogens (tertiary/aromatic N) is 4. The van der Waals surface area contributed by atoms with E-state index in [0.29, 0.717) is 23.0 Å². The highest BCUT2D eigenvalue weighted by Crippen LogP contribution is 2.22. The molecule has 3 aromatic rings. The Balaban J connectivity index is 2.04. The summed E-state index contributed by atoms with van der Waals surface area (Å²) in [6, 6.07) is 9.14. The predicted octanol–water partition coefficient (Wildman–Crippen LogP) is 1.51. The third kappa shape index (κ3) is 2.66. The zero-order valence-corrected chi connectivity index (χ0v) is 12.5. The quantitative estimate of drug-likeness (QED) is 0.681. The third-order valence-corrected chi connectivity index (χ3v) is 3.67. The molecule has 0 fully saturated rings. The van der Waals surface area contributed by atoms with Crippen molar-refractivity contribution in [3.63, 3.8) is 0 Å². The summed E-state index contributed by atoms with van der Waals surface area (Å²) >= 11 is 0. The molecular formula is C16H14N4O3. The van der Waals surface area contributed by atoms with Crippen LogP contribution in [0.4, 0.5) is 0 Å². The number of fused-ring (bicyclic) bond motifs is 3. The summed E-state index contributed by atoms with van der Waals surface area (Å²) in [7, 11) is 1.64. The molecule has 0 saturated carbocycles. The van der Waals surface area contributed by atoms with Crippen LogP contribution >= 0.6 is 0 Å². The van der Waals surface area contributed by atoms with Crippen LogP contribution in [0.5, 0.6) is 0 Å². The fraction of sp³-hybridized carbons (Fsp3) is 0.250. The smallest absolute Gasteiger partial charge is 0.347 e. The molecule has 116 valence electrons. The van der Waals surface area contributed by atoms with E-state index < -0.39 is 5.63 Å². The Morgan fingerprint density at radius 2 is 2.17 bits per heavy atom. The van der Waals surface area contributed by atoms with Crippen molar-refractivity contribution in [1.29, 1.82) is 5.26 Å². The molecular weight excluding hydrogens is 296 g/mol. The van der Waals surface area contributed by atoms with Gasteiger partial charge in [0.05, 0.1) is 24.2 Å². The fourth-order valence-corrected chi connectivity index (χ4v) is 2.44. The molecule has 0 unspecified atom stereocenters. The minimum absolute atomic E-state index is 0.00111. The van der Waals surface area contributed by atoms with Crippen LogP contribution in [0.3, 0.4) is 0 Å². The zero-order chi connectivity index (χ0) is 16.4. The Bertz CT molecular complexity index is 980. The number of hydrogen-bond donors (Lipinski definition) is 0. The summed E-state index contributed by atoms with van der Waals surface area (Å²) in [5.74, 6) is -0.178. The van der Waals surface area contributed by atoms with Crippen molar-refractivity contribution >= 4 is 27.8 Å². The number of nitriles is 1. The molecule has 0 radical (unpaired) electrons. The lowest BCUT2D eigenvalue weighted by molar-refractivity contribution is -0.130. The molecule has 0 spiro atoms. The normalized spacial score (nSPS) is 10.8. The molecule has 3 rings (SSSR count). The van der Waals surface area contributed by atoms with Crippen molar-refractivity contribution in [2.24, 2.45) is 0 Å². The van der Waals surface area contributed by atoms with E-state index in [4.69, 9.17) is 9.68 Å². The Morgan fingerprint density at radius 1 is 1.39 bits per heavy atom. The molecule has 0 saturated heterocycles. The van der Waals surface area contributed by atoms with E-state index in [2.05, 4.69) is 5.10 Å². The molecule has 0 N–H and O–H groups in total. The molecule has 0 aliphatic heterocycles. The molecule has 0 aliphatic rings. The molecule has 2 aromatic heterocycles. The largest absolute Gasteiger partial charge is 0.422 e. The summed E-state index contributed by atoms with van der Waals surface area (Å²) in [5.41, 5.74) is 0.561. The predicted molar refractivity (Wildman–Crippen MR) is 83.6 cm³/mol. The van der Waals surface area contributed by atoms with Crippen LogP contribution in [-0.2, 0) is 11.3 Å². The Morgan fingerprint density at radius 3 is 2.96 bits per heavy atom. The molecule has 0 bridgehead atoms. The van der Waals surface area contributed by atoms with Crippen LogP contribution < -0.4 is 5.63 Å². The summed E-state index contributed by atoms with van der Waals surface area (Å²) < 4.78 is 6.75. The maximum atomic E-state index is 12.2. The number of aromatic nitrogens is 2. The van der Waals surface area contributed by atoms with E-state index in [-0.39, 0.29) is 18.9 Å². The van der Waals surface area contributed by atoms with E-state index in [9.17, 15) is 9.59 Å². The van der Waals surface area contributed by atoms with Gasteiger partial charge in [0.15, 0.2) is 0 Å². The first-order valence-electron chi connectivity index (χ1n) is 7.10. The van der Waals surface area contributed by atoms with Crippen LogP contribution in [0, 0.1) is 11.3 Å². The van der Waals surface area contributed by atoms with Gasteiger partial charge in [-0.25, -0.2) is 4.79 Å². The molecule has 0 aliphatic carbocycles. The van der Waals surface area contributed by atoms with Gasteiger partial charge in [0.1, 0.15) is 17.5 Å². The number of benzene rings is 1. The first kappa shape index (κ1) is 14.8. The highest BCUT2D eigenvalue weighted by atomic mass is 16.4. The molecule has 2 heterocycles. The van der Waals surface area contributed by atoms with Crippen LogP contribution in [-0.4, -0.2) is 34.2 Å². The van der Waals surface area contributed by atoms with Crippen molar-refractivity contribution in [1.82, 2.24) is 14.7 Å². The minimum Gasteiger partial charge on any atom is -0.422 e. The van der Waals surface area contributed by atoms with Gasteiger partial charge in [0.2, 0.25) is 5.91 Å². The van der Waals surface area contributed by atoms with Gasteiger partial charge >= 0.3 is 5.63 Å². The lowest BCUT2D eigenvalue weighted by atomic mass is 10.2. The molecule has 7 nitrogen and oxygen atoms in total. The first-order valence-corrected chi connectivity index (χ1v) is 7.10. The molecule has 1 aromatic carbocycles. The van der Waals surface area contributed by atoms with Crippen LogP contribution in [0.25, 0.3) is 21.9 Å². The molecule has 1 amide bonds. The van der Waals surface area contributed by atoms with Gasteiger partial charge in [-0.3, -0.25) is 9.48 Å². The van der Waals surface area contributed by atoms with E-state index in [0.717, 1.165) is 5.39 Å². The Kier molecular flexibility index (Phi) is 3.81. The van der Waals surface area contributed by atoms with E-state index in [1.807, 2.05) is 18.2 Å². The number of rotatable bonds is 4. The van der Waals surface area contributed by atoms with E-state index >= 15 is 0 Å². The molecule has 23 heavy (non-hydrogen) atoms. The standard InChI is InChI=1S/C16H14N4O3/c1-19(8-4-7-17)14(21)10-20-15-11-5-2-3-6-13(11)23-16(22)12(15)9-18-20/h2-3,5-6,9H,4,8,10H2,1H3. The SMILES string of the molecule is CN(CCC#N)C(=O)Cn1ncc2c(=O)oc3ccccc3c21. The van der Waals surface area contributed by atoms with Crippen molar-refractivity contribution in [2.45, 2.75) is 13.0 Å². The fourth-order valence-electron chi connectivity index (χ4n) is 2.44. The number of hydrogen-bond acceptors (Lipinski definition) is 5. The van der Waals surface area contributed by atoms with Gasteiger partial charge in [-0.05, 0) is 12.1 Å². The van der Waals surface area contributed by atoms with Gasteiger partial charge in [-0.2, -0.15) is 10.4 Å². The number of carbonyl (C=O) groups is 1. The monoisotopic (exact) mass is 310 g/mol. The van der Waals surface area contributed by atoms with Gasteiger partial charge < -0.3 is 9.32 Å². The summed E-state index contributed by atoms with van der Waals surface area (Å²) in [6.07, 6.45) is 1.69. The highest BCUT2D eigenvalue weighted by molar-refractivity contribution is 6.02. The lowest BCUT2D eigenvalue weighted by Crippen LogP contribution is -2.31. The Hall–Kier alpha value is -3.14. The van der Waals surface area contributed by atoms with E-state index in [1.165, 1.54) is 15.8 Å². The van der Waals surface area contributed by atoms with E-state index in [1.54, 1.807) is 19.2 Å². The number of carbonyl (C=O) groups excluding carboxylic acids is 1. The summed E-state index contributed by atoms with van der Waals surface area (Å²) in [6.45, 7) is 0.357. The van der Waals surface area contributed by atoms with Gasteiger partial charge in [0, 0.05) is 19.0 Å². The molecule has 0 atom stereocenters. The Labute approximate surface area is 131 Å². The van der Waals surface area contributed by atoms with Gasteiger partial charge in [0.25, 0.3) is 0 Å². The summed E-state index contributed by atoms with van der Waals surface area (Å²) in [5, 5.41) is 13.8. The average Bonchev–Trinajstić information content (AvgIpc) is 2.97. The van der Waals surface area contributed by atoms with Crippen molar-refractivity contribution in [2.75, 3.05) is 13.6 Å². The van der Waals surface area contributed by atoms with Gasteiger partial charge in [-0.15, -0.1) is 0 Å². The first-order chi connectivity index (χ1) is 11.1. The van der Waals surface area contributed by atoms with Crippen molar-refractivity contribution < 1.29 is 9.21 Å². The van der Waals surface area contributed by atoms with Gasteiger partial charge in [-0.1, -0.05) is 12.1 Å². The third-order valence-electron chi connectivity index (χ3n) is 3.67. The number of likely N-dealkylation sites (N-methyl/N-ethyl adjacent to an activating group) is 1. The second-order valence-electron chi connectivity index (χ2n) is 5.17. The minimum atomic E-state index is -0.477. The lowest BCUT2D eigenvalue weighted by Gasteiger charge is -2.15. The molecule has 7 heteroatoms. The second kappa shape index (κ2) is 5.93. The maximum Gasteiger partial charge on any atom is 0.347 e. The average molecular weight is 310 g/mol. The van der Waals surface area contributed by atoms with Crippen LogP contribution in [0.1, 0.15) is 6.42 Å².